The summed E-state index contributed by atoms with van der Waals surface area (Å²) in [4.78, 5) is 11.6. The van der Waals surface area contributed by atoms with Crippen LogP contribution in [0.3, 0.4) is 0 Å². The van der Waals surface area contributed by atoms with E-state index in [4.69, 9.17) is 4.74 Å². The summed E-state index contributed by atoms with van der Waals surface area (Å²) in [6.45, 7) is 10.6. The molecular formula is C11H23AlO3. The van der Waals surface area contributed by atoms with Crippen LogP contribution in [0.1, 0.15) is 34.1 Å². The van der Waals surface area contributed by atoms with Gasteiger partial charge >= 0.3 is 5.97 Å². The maximum Gasteiger partial charge on any atom is 0.338 e. The number of aliphatic hydroxyl groups is 1. The summed E-state index contributed by atoms with van der Waals surface area (Å²) in [6.07, 6.45) is 1.54. The SMILES string of the molecule is C=CCC(O)(C(=O)OC(C)C)C(C)C.[AlH3]. The molecule has 0 heterocycles. The summed E-state index contributed by atoms with van der Waals surface area (Å²) < 4.78 is 4.99. The Balaban J connectivity index is 0. The molecule has 0 spiro atoms. The number of carbonyl (C=O) groups excluding carboxylic acids is 1. The van der Waals surface area contributed by atoms with Crippen molar-refractivity contribution in [3.63, 3.8) is 0 Å². The van der Waals surface area contributed by atoms with E-state index in [1.54, 1.807) is 27.7 Å². The van der Waals surface area contributed by atoms with Crippen molar-refractivity contribution in [2.75, 3.05) is 0 Å². The molecule has 0 saturated carbocycles. The third-order valence-corrected chi connectivity index (χ3v) is 2.11. The average molecular weight is 230 g/mol. The molecule has 0 saturated heterocycles. The molecule has 0 aliphatic rings. The van der Waals surface area contributed by atoms with Gasteiger partial charge in [-0.2, -0.15) is 0 Å². The van der Waals surface area contributed by atoms with Gasteiger partial charge in [-0.3, -0.25) is 0 Å². The van der Waals surface area contributed by atoms with Gasteiger partial charge in [0, 0.05) is 6.42 Å². The van der Waals surface area contributed by atoms with E-state index < -0.39 is 11.6 Å². The number of ether oxygens (including phenoxy) is 1. The molecule has 1 N–H and O–H groups in total. The third kappa shape index (κ3) is 4.83. The van der Waals surface area contributed by atoms with Gasteiger partial charge in [0.05, 0.1) is 6.10 Å². The smallest absolute Gasteiger partial charge is 0.338 e. The van der Waals surface area contributed by atoms with Crippen LogP contribution in [0.4, 0.5) is 0 Å². The fourth-order valence-corrected chi connectivity index (χ4v) is 1.09. The van der Waals surface area contributed by atoms with Gasteiger partial charge in [0.1, 0.15) is 0 Å². The van der Waals surface area contributed by atoms with Crippen LogP contribution in [0.5, 0.6) is 0 Å². The molecule has 0 fully saturated rings. The highest BCUT2D eigenvalue weighted by atomic mass is 27.0. The van der Waals surface area contributed by atoms with Gasteiger partial charge in [-0.05, 0) is 19.8 Å². The molecule has 0 aliphatic carbocycles. The van der Waals surface area contributed by atoms with Crippen molar-refractivity contribution < 1.29 is 14.6 Å². The average Bonchev–Trinajstić information content (AvgIpc) is 2.02. The van der Waals surface area contributed by atoms with Crippen LogP contribution in [0.15, 0.2) is 12.7 Å². The molecule has 0 radical (unpaired) electrons. The summed E-state index contributed by atoms with van der Waals surface area (Å²) in [6, 6.07) is 0. The van der Waals surface area contributed by atoms with Crippen molar-refractivity contribution >= 4 is 23.3 Å². The first kappa shape index (κ1) is 17.1. The Hall–Kier alpha value is -0.298. The second kappa shape index (κ2) is 7.06. The summed E-state index contributed by atoms with van der Waals surface area (Å²) in [5.74, 6) is -0.755. The predicted molar refractivity (Wildman–Crippen MR) is 65.8 cm³/mol. The zero-order valence-electron chi connectivity index (χ0n) is 9.41. The fourth-order valence-electron chi connectivity index (χ4n) is 1.09. The van der Waals surface area contributed by atoms with Crippen LogP contribution in [0.25, 0.3) is 0 Å². The first-order valence-electron chi connectivity index (χ1n) is 4.89. The highest BCUT2D eigenvalue weighted by molar-refractivity contribution is 5.80. The second-order valence-corrected chi connectivity index (χ2v) is 4.03. The highest BCUT2D eigenvalue weighted by Gasteiger charge is 2.40. The van der Waals surface area contributed by atoms with Crippen molar-refractivity contribution in [2.45, 2.75) is 45.8 Å². The Bertz CT molecular complexity index is 214. The van der Waals surface area contributed by atoms with Gasteiger partial charge in [-0.1, -0.05) is 19.9 Å². The maximum atomic E-state index is 11.6. The van der Waals surface area contributed by atoms with E-state index in [1.807, 2.05) is 0 Å². The number of rotatable bonds is 5. The lowest BCUT2D eigenvalue weighted by Crippen LogP contribution is -2.45. The lowest BCUT2D eigenvalue weighted by Gasteiger charge is -2.29. The van der Waals surface area contributed by atoms with Crippen LogP contribution in [-0.4, -0.2) is 40.1 Å². The van der Waals surface area contributed by atoms with Crippen molar-refractivity contribution in [3.05, 3.63) is 12.7 Å². The van der Waals surface area contributed by atoms with E-state index in [0.29, 0.717) is 0 Å². The molecule has 1 atom stereocenters. The van der Waals surface area contributed by atoms with Crippen LogP contribution < -0.4 is 0 Å². The van der Waals surface area contributed by atoms with Gasteiger partial charge in [0.15, 0.2) is 23.0 Å². The van der Waals surface area contributed by atoms with E-state index >= 15 is 0 Å². The number of esters is 1. The number of hydrogen-bond acceptors (Lipinski definition) is 3. The summed E-state index contributed by atoms with van der Waals surface area (Å²) in [5, 5.41) is 10.1. The summed E-state index contributed by atoms with van der Waals surface area (Å²) in [7, 11) is 0. The lowest BCUT2D eigenvalue weighted by atomic mass is 9.87. The Morgan fingerprint density at radius 1 is 1.47 bits per heavy atom. The number of carbonyl (C=O) groups is 1. The Labute approximate surface area is 103 Å². The van der Waals surface area contributed by atoms with Gasteiger partial charge < -0.3 is 9.84 Å². The quantitative estimate of drug-likeness (QED) is 0.430. The van der Waals surface area contributed by atoms with E-state index in [1.165, 1.54) is 6.08 Å². The Kier molecular flexibility index (Phi) is 8.05. The zero-order valence-corrected chi connectivity index (χ0v) is 9.41. The standard InChI is InChI=1S/C11H20O3.Al.3H/c1-6-7-11(13,8(2)3)10(12)14-9(4)5;;;;/h6,8-9,13H,1,7H2,2-5H3;;;;. The minimum absolute atomic E-state index is 0. The van der Waals surface area contributed by atoms with E-state index in [2.05, 4.69) is 6.58 Å². The fraction of sp³-hybridized carbons (Fsp3) is 0.727. The van der Waals surface area contributed by atoms with E-state index in [9.17, 15) is 9.90 Å². The molecular weight excluding hydrogens is 207 g/mol. The molecule has 0 aromatic rings. The minimum atomic E-state index is -1.44. The Morgan fingerprint density at radius 3 is 2.20 bits per heavy atom. The molecule has 4 heteroatoms. The van der Waals surface area contributed by atoms with Crippen LogP contribution in [0.2, 0.25) is 0 Å². The van der Waals surface area contributed by atoms with Crippen molar-refractivity contribution in [1.29, 1.82) is 0 Å². The molecule has 0 rings (SSSR count). The first-order chi connectivity index (χ1) is 6.34. The van der Waals surface area contributed by atoms with Crippen LogP contribution in [-0.2, 0) is 9.53 Å². The molecule has 15 heavy (non-hydrogen) atoms. The van der Waals surface area contributed by atoms with Gasteiger partial charge in [-0.25, -0.2) is 4.79 Å². The zero-order chi connectivity index (χ0) is 11.4. The van der Waals surface area contributed by atoms with E-state index in [-0.39, 0.29) is 35.8 Å². The van der Waals surface area contributed by atoms with Gasteiger partial charge in [0.2, 0.25) is 0 Å². The van der Waals surface area contributed by atoms with E-state index in [0.717, 1.165) is 0 Å². The molecule has 0 aromatic heterocycles. The molecule has 0 aliphatic heterocycles. The molecule has 3 nitrogen and oxygen atoms in total. The van der Waals surface area contributed by atoms with Crippen LogP contribution in [0, 0.1) is 5.92 Å². The minimum Gasteiger partial charge on any atom is -0.461 e. The third-order valence-electron chi connectivity index (χ3n) is 2.11. The summed E-state index contributed by atoms with van der Waals surface area (Å²) in [5.41, 5.74) is -1.44. The van der Waals surface area contributed by atoms with Crippen LogP contribution >= 0.6 is 0 Å². The summed E-state index contributed by atoms with van der Waals surface area (Å²) >= 11 is 0. The molecule has 88 valence electrons. The molecule has 1 unspecified atom stereocenters. The number of hydrogen-bond donors (Lipinski definition) is 1. The first-order valence-corrected chi connectivity index (χ1v) is 4.89. The molecule has 0 aromatic carbocycles. The Morgan fingerprint density at radius 2 is 1.93 bits per heavy atom. The normalized spacial score (nSPS) is 14.3. The van der Waals surface area contributed by atoms with Gasteiger partial charge in [-0.15, -0.1) is 6.58 Å². The largest absolute Gasteiger partial charge is 0.461 e. The second-order valence-electron chi connectivity index (χ2n) is 4.03. The topological polar surface area (TPSA) is 46.5 Å². The monoisotopic (exact) mass is 230 g/mol. The molecule has 0 bridgehead atoms. The van der Waals surface area contributed by atoms with Crippen molar-refractivity contribution in [2.24, 2.45) is 5.92 Å². The lowest BCUT2D eigenvalue weighted by molar-refractivity contribution is -0.174. The molecule has 0 amide bonds. The van der Waals surface area contributed by atoms with Crippen molar-refractivity contribution in [1.82, 2.24) is 0 Å². The van der Waals surface area contributed by atoms with Gasteiger partial charge in [0.25, 0.3) is 0 Å². The maximum absolute atomic E-state index is 11.6. The van der Waals surface area contributed by atoms with Crippen molar-refractivity contribution in [3.8, 4) is 0 Å². The predicted octanol–water partition coefficient (Wildman–Crippen LogP) is 0.717. The highest BCUT2D eigenvalue weighted by Crippen LogP contribution is 2.23.